The van der Waals surface area contributed by atoms with E-state index in [1.54, 1.807) is 30.5 Å². The number of hydrogen-bond acceptors (Lipinski definition) is 5. The number of azide groups is 1. The number of pyridine rings is 1. The number of carbonyl (C=O) groups is 1. The molecule has 0 unspecified atom stereocenters. The maximum absolute atomic E-state index is 11.4. The first-order valence-electron chi connectivity index (χ1n) is 5.60. The minimum Gasteiger partial charge on any atom is -0.465 e. The first-order chi connectivity index (χ1) is 9.72. The van der Waals surface area contributed by atoms with Crippen LogP contribution in [0.3, 0.4) is 0 Å². The fourth-order valence-corrected chi connectivity index (χ4v) is 2.28. The molecule has 2 aromatic rings. The predicted molar refractivity (Wildman–Crippen MR) is 74.9 cm³/mol. The first-order valence-corrected chi connectivity index (χ1v) is 6.42. The van der Waals surface area contributed by atoms with E-state index in [1.165, 1.54) is 18.9 Å². The third kappa shape index (κ3) is 3.50. The second kappa shape index (κ2) is 6.60. The Hall–Kier alpha value is -2.50. The Labute approximate surface area is 119 Å². The zero-order valence-electron chi connectivity index (χ0n) is 10.6. The van der Waals surface area contributed by atoms with E-state index in [2.05, 4.69) is 19.7 Å². The summed E-state index contributed by atoms with van der Waals surface area (Å²) in [5, 5.41) is 4.18. The molecule has 1 aromatic heterocycles. The molecular formula is C13H10N4O2S. The number of methoxy groups -OCH3 is 1. The Kier molecular flexibility index (Phi) is 4.60. The van der Waals surface area contributed by atoms with Gasteiger partial charge in [-0.05, 0) is 29.8 Å². The lowest BCUT2D eigenvalue weighted by Gasteiger charge is -2.03. The maximum atomic E-state index is 11.4. The van der Waals surface area contributed by atoms with Crippen molar-refractivity contribution in [2.24, 2.45) is 5.11 Å². The van der Waals surface area contributed by atoms with Gasteiger partial charge in [0.2, 0.25) is 0 Å². The molecule has 2 rings (SSSR count). The van der Waals surface area contributed by atoms with E-state index in [9.17, 15) is 4.79 Å². The van der Waals surface area contributed by atoms with Gasteiger partial charge in [0.1, 0.15) is 5.03 Å². The lowest BCUT2D eigenvalue weighted by Crippen LogP contribution is -2.01. The molecule has 0 bridgehead atoms. The molecule has 0 aliphatic heterocycles. The van der Waals surface area contributed by atoms with Crippen molar-refractivity contribution in [3.8, 4) is 0 Å². The Morgan fingerprint density at radius 2 is 2.10 bits per heavy atom. The van der Waals surface area contributed by atoms with Crippen LogP contribution in [0.5, 0.6) is 0 Å². The summed E-state index contributed by atoms with van der Waals surface area (Å²) in [4.78, 5) is 19.3. The summed E-state index contributed by atoms with van der Waals surface area (Å²) in [6.07, 6.45) is 1.56. The number of hydrogen-bond donors (Lipinski definition) is 0. The highest BCUT2D eigenvalue weighted by Crippen LogP contribution is 2.28. The second-order valence-corrected chi connectivity index (χ2v) is 4.75. The van der Waals surface area contributed by atoms with Gasteiger partial charge in [0.15, 0.2) is 0 Å². The topological polar surface area (TPSA) is 88.0 Å². The van der Waals surface area contributed by atoms with Gasteiger partial charge in [-0.2, -0.15) is 0 Å². The van der Waals surface area contributed by atoms with Crippen LogP contribution < -0.4 is 0 Å². The molecular weight excluding hydrogens is 276 g/mol. The van der Waals surface area contributed by atoms with Crippen molar-refractivity contribution in [1.82, 2.24) is 4.98 Å². The molecule has 20 heavy (non-hydrogen) atoms. The average molecular weight is 286 g/mol. The molecule has 6 nitrogen and oxygen atoms in total. The summed E-state index contributed by atoms with van der Waals surface area (Å²) >= 11 is 1.40. The molecule has 0 spiro atoms. The third-order valence-corrected chi connectivity index (χ3v) is 3.32. The van der Waals surface area contributed by atoms with Crippen LogP contribution in [0.15, 0.2) is 57.6 Å². The van der Waals surface area contributed by atoms with Crippen LogP contribution in [0.1, 0.15) is 10.4 Å². The Morgan fingerprint density at radius 1 is 1.35 bits per heavy atom. The highest BCUT2D eigenvalue weighted by molar-refractivity contribution is 7.99. The average Bonchev–Trinajstić information content (AvgIpc) is 2.49. The number of rotatable bonds is 4. The van der Waals surface area contributed by atoms with Crippen molar-refractivity contribution >= 4 is 23.4 Å². The van der Waals surface area contributed by atoms with Crippen LogP contribution >= 0.6 is 11.8 Å². The van der Waals surface area contributed by atoms with E-state index >= 15 is 0 Å². The number of aromatic nitrogens is 1. The van der Waals surface area contributed by atoms with E-state index in [0.717, 1.165) is 4.90 Å². The van der Waals surface area contributed by atoms with Gasteiger partial charge < -0.3 is 4.74 Å². The van der Waals surface area contributed by atoms with Gasteiger partial charge in [0, 0.05) is 21.7 Å². The molecule has 0 fully saturated rings. The highest BCUT2D eigenvalue weighted by atomic mass is 32.2. The fourth-order valence-electron chi connectivity index (χ4n) is 1.46. The normalized spacial score (nSPS) is 9.65. The van der Waals surface area contributed by atoms with Gasteiger partial charge in [-0.3, -0.25) is 0 Å². The van der Waals surface area contributed by atoms with Crippen molar-refractivity contribution < 1.29 is 9.53 Å². The summed E-state index contributed by atoms with van der Waals surface area (Å²) in [6.45, 7) is 0. The van der Waals surface area contributed by atoms with Gasteiger partial charge in [-0.1, -0.05) is 29.0 Å². The summed E-state index contributed by atoms with van der Waals surface area (Å²) in [5.74, 6) is -0.395. The lowest BCUT2D eigenvalue weighted by atomic mass is 10.3. The van der Waals surface area contributed by atoms with Crippen molar-refractivity contribution in [2.45, 2.75) is 9.92 Å². The molecule has 0 amide bonds. The fraction of sp³-hybridized carbons (Fsp3) is 0.0769. The molecule has 0 saturated carbocycles. The number of nitrogens with zero attached hydrogens (tertiary/aromatic N) is 4. The summed E-state index contributed by atoms with van der Waals surface area (Å²) in [6, 6.07) is 10.3. The second-order valence-electron chi connectivity index (χ2n) is 3.66. The van der Waals surface area contributed by atoms with Crippen LogP contribution in [0.4, 0.5) is 5.69 Å². The van der Waals surface area contributed by atoms with Gasteiger partial charge in [-0.25, -0.2) is 9.78 Å². The standard InChI is InChI=1S/C13H10N4O2S/c1-19-13(18)9-6-7-15-12(8-9)20-11-4-2-10(3-5-11)16-17-14/h2-8H,1H3. The van der Waals surface area contributed by atoms with Crippen LogP contribution in [0.2, 0.25) is 0 Å². The van der Waals surface area contributed by atoms with Gasteiger partial charge in [-0.15, -0.1) is 0 Å². The summed E-state index contributed by atoms with van der Waals surface area (Å²) < 4.78 is 4.66. The van der Waals surface area contributed by atoms with Crippen LogP contribution in [0.25, 0.3) is 10.4 Å². The highest BCUT2D eigenvalue weighted by Gasteiger charge is 2.07. The molecule has 0 atom stereocenters. The van der Waals surface area contributed by atoms with E-state index in [4.69, 9.17) is 5.53 Å². The SMILES string of the molecule is COC(=O)c1ccnc(Sc2ccc(N=[N+]=[N-])cc2)c1. The molecule has 1 aromatic carbocycles. The third-order valence-electron chi connectivity index (χ3n) is 2.38. The van der Waals surface area contributed by atoms with Crippen LogP contribution in [0, 0.1) is 0 Å². The van der Waals surface area contributed by atoms with E-state index < -0.39 is 5.97 Å². The minimum absolute atomic E-state index is 0.395. The zero-order valence-corrected chi connectivity index (χ0v) is 11.4. The van der Waals surface area contributed by atoms with Gasteiger partial charge >= 0.3 is 5.97 Å². The zero-order chi connectivity index (χ0) is 14.4. The quantitative estimate of drug-likeness (QED) is 0.368. The van der Waals surface area contributed by atoms with Crippen LogP contribution in [-0.2, 0) is 4.74 Å². The number of esters is 1. The van der Waals surface area contributed by atoms with E-state index in [1.807, 2.05) is 12.1 Å². The summed E-state index contributed by atoms with van der Waals surface area (Å²) in [5.41, 5.74) is 9.33. The van der Waals surface area contributed by atoms with E-state index in [0.29, 0.717) is 16.3 Å². The predicted octanol–water partition coefficient (Wildman–Crippen LogP) is 3.96. The molecule has 1 heterocycles. The summed E-state index contributed by atoms with van der Waals surface area (Å²) in [7, 11) is 1.34. The molecule has 0 radical (unpaired) electrons. The molecule has 0 aliphatic rings. The Morgan fingerprint density at radius 3 is 2.75 bits per heavy atom. The van der Waals surface area contributed by atoms with Crippen molar-refractivity contribution in [3.63, 3.8) is 0 Å². The lowest BCUT2D eigenvalue weighted by molar-refractivity contribution is 0.0600. The number of carbonyl (C=O) groups excluding carboxylic acids is 1. The maximum Gasteiger partial charge on any atom is 0.337 e. The minimum atomic E-state index is -0.395. The smallest absolute Gasteiger partial charge is 0.337 e. The number of ether oxygens (including phenoxy) is 1. The van der Waals surface area contributed by atoms with Crippen molar-refractivity contribution in [3.05, 3.63) is 58.6 Å². The molecule has 7 heteroatoms. The van der Waals surface area contributed by atoms with Crippen molar-refractivity contribution in [2.75, 3.05) is 7.11 Å². The Bertz CT molecular complexity index is 666. The van der Waals surface area contributed by atoms with Gasteiger partial charge in [0.25, 0.3) is 0 Å². The molecule has 0 saturated heterocycles. The monoisotopic (exact) mass is 286 g/mol. The van der Waals surface area contributed by atoms with E-state index in [-0.39, 0.29) is 0 Å². The number of benzene rings is 1. The molecule has 100 valence electrons. The van der Waals surface area contributed by atoms with Crippen LogP contribution in [-0.4, -0.2) is 18.1 Å². The first kappa shape index (κ1) is 13.9. The Balaban J connectivity index is 2.17. The van der Waals surface area contributed by atoms with Crippen molar-refractivity contribution in [1.29, 1.82) is 0 Å². The molecule has 0 N–H and O–H groups in total. The van der Waals surface area contributed by atoms with Gasteiger partial charge in [0.05, 0.1) is 12.7 Å². The molecule has 0 aliphatic carbocycles. The largest absolute Gasteiger partial charge is 0.465 e.